The van der Waals surface area contributed by atoms with Gasteiger partial charge in [0.15, 0.2) is 0 Å². The van der Waals surface area contributed by atoms with E-state index in [1.165, 1.54) is 0 Å². The van der Waals surface area contributed by atoms with Crippen LogP contribution in [0.2, 0.25) is 0 Å². The number of Topliss-reactive ketones (excluding diaryl/α,β-unsaturated/α-hetero) is 1. The van der Waals surface area contributed by atoms with Gasteiger partial charge in [-0.05, 0) is 12.8 Å². The van der Waals surface area contributed by atoms with Gasteiger partial charge in [-0.3, -0.25) is 14.4 Å². The second-order valence-corrected chi connectivity index (χ2v) is 3.10. The Morgan fingerprint density at radius 2 is 2.23 bits per heavy atom. The van der Waals surface area contributed by atoms with Crippen LogP contribution < -0.4 is 11.1 Å². The molecule has 1 atom stereocenters. The average Bonchev–Trinajstić information content (AvgIpc) is 2.47. The molecule has 0 spiro atoms. The van der Waals surface area contributed by atoms with E-state index >= 15 is 0 Å². The van der Waals surface area contributed by atoms with Gasteiger partial charge in [-0.15, -0.1) is 0 Å². The Bertz CT molecular complexity index is 250. The number of hydrogen-bond acceptors (Lipinski definition) is 3. The maximum atomic E-state index is 11.0. The maximum absolute atomic E-state index is 11.0. The van der Waals surface area contributed by atoms with Gasteiger partial charge in [0.25, 0.3) is 5.91 Å². The fourth-order valence-corrected chi connectivity index (χ4v) is 1.35. The summed E-state index contributed by atoms with van der Waals surface area (Å²) in [4.78, 5) is 32.2. The van der Waals surface area contributed by atoms with Crippen molar-refractivity contribution < 1.29 is 14.4 Å². The molecular weight excluding hydrogens is 172 g/mol. The Morgan fingerprint density at radius 1 is 1.54 bits per heavy atom. The number of amides is 2. The summed E-state index contributed by atoms with van der Waals surface area (Å²) in [6.45, 7) is 0.661. The largest absolute Gasteiger partial charge is 0.363 e. The van der Waals surface area contributed by atoms with E-state index in [9.17, 15) is 14.4 Å². The van der Waals surface area contributed by atoms with Gasteiger partial charge in [-0.2, -0.15) is 0 Å². The molecule has 0 saturated carbocycles. The minimum Gasteiger partial charge on any atom is -0.363 e. The first-order valence-electron chi connectivity index (χ1n) is 4.21. The lowest BCUT2D eigenvalue weighted by Crippen LogP contribution is -2.25. The van der Waals surface area contributed by atoms with Crippen LogP contribution in [0.1, 0.15) is 19.3 Å². The highest BCUT2D eigenvalue weighted by atomic mass is 16.2. The van der Waals surface area contributed by atoms with Crippen LogP contribution in [0.5, 0.6) is 0 Å². The van der Waals surface area contributed by atoms with Crippen molar-refractivity contribution in [1.82, 2.24) is 5.32 Å². The van der Waals surface area contributed by atoms with Crippen molar-refractivity contribution in [3.8, 4) is 0 Å². The Kier molecular flexibility index (Phi) is 3.00. The fourth-order valence-electron chi connectivity index (χ4n) is 1.35. The zero-order valence-corrected chi connectivity index (χ0v) is 7.21. The third-order valence-electron chi connectivity index (χ3n) is 2.16. The van der Waals surface area contributed by atoms with Crippen LogP contribution in [0, 0.1) is 5.92 Å². The Hall–Kier alpha value is -1.39. The number of rotatable bonds is 4. The SMILES string of the molecule is NC(=O)C(=O)CC[C@H]1CCNC1=O. The molecule has 0 bridgehead atoms. The number of hydrogen-bond donors (Lipinski definition) is 2. The van der Waals surface area contributed by atoms with E-state index in [1.54, 1.807) is 0 Å². The van der Waals surface area contributed by atoms with Crippen molar-refractivity contribution >= 4 is 17.6 Å². The topological polar surface area (TPSA) is 89.3 Å². The molecule has 0 aromatic carbocycles. The quantitative estimate of drug-likeness (QED) is 0.547. The molecule has 0 aromatic heterocycles. The molecule has 1 aliphatic heterocycles. The number of primary amides is 1. The van der Waals surface area contributed by atoms with Crippen molar-refractivity contribution in [2.75, 3.05) is 6.54 Å². The van der Waals surface area contributed by atoms with Crippen molar-refractivity contribution in [2.24, 2.45) is 11.7 Å². The summed E-state index contributed by atoms with van der Waals surface area (Å²) >= 11 is 0. The molecule has 13 heavy (non-hydrogen) atoms. The predicted molar refractivity (Wildman–Crippen MR) is 44.6 cm³/mol. The van der Waals surface area contributed by atoms with E-state index in [0.717, 1.165) is 6.42 Å². The molecular formula is C8H12N2O3. The Balaban J connectivity index is 2.30. The molecule has 3 N–H and O–H groups in total. The summed E-state index contributed by atoms with van der Waals surface area (Å²) in [7, 11) is 0. The minimum atomic E-state index is -0.918. The third kappa shape index (κ3) is 2.54. The average molecular weight is 184 g/mol. The van der Waals surface area contributed by atoms with Gasteiger partial charge in [-0.25, -0.2) is 0 Å². The summed E-state index contributed by atoms with van der Waals surface area (Å²) in [6, 6.07) is 0. The first kappa shape index (κ1) is 9.70. The van der Waals surface area contributed by atoms with Crippen LogP contribution >= 0.6 is 0 Å². The third-order valence-corrected chi connectivity index (χ3v) is 2.16. The van der Waals surface area contributed by atoms with Crippen LogP contribution in [0.3, 0.4) is 0 Å². The number of ketones is 1. The molecule has 5 nitrogen and oxygen atoms in total. The molecule has 72 valence electrons. The highest BCUT2D eigenvalue weighted by Gasteiger charge is 2.24. The van der Waals surface area contributed by atoms with E-state index in [0.29, 0.717) is 13.0 Å². The van der Waals surface area contributed by atoms with Gasteiger partial charge >= 0.3 is 0 Å². The highest BCUT2D eigenvalue weighted by molar-refractivity contribution is 6.35. The van der Waals surface area contributed by atoms with Gasteiger partial charge in [0.05, 0.1) is 0 Å². The first-order valence-corrected chi connectivity index (χ1v) is 4.21. The molecule has 0 radical (unpaired) electrons. The van der Waals surface area contributed by atoms with Gasteiger partial charge in [0.2, 0.25) is 11.7 Å². The molecule has 0 unspecified atom stereocenters. The highest BCUT2D eigenvalue weighted by Crippen LogP contribution is 2.15. The van der Waals surface area contributed by atoms with E-state index in [2.05, 4.69) is 5.32 Å². The van der Waals surface area contributed by atoms with Gasteiger partial charge in [0, 0.05) is 18.9 Å². The van der Waals surface area contributed by atoms with Crippen LogP contribution in [-0.2, 0) is 14.4 Å². The smallest absolute Gasteiger partial charge is 0.284 e. The van der Waals surface area contributed by atoms with Gasteiger partial charge < -0.3 is 11.1 Å². The lowest BCUT2D eigenvalue weighted by atomic mass is 10.0. The monoisotopic (exact) mass is 184 g/mol. The van der Waals surface area contributed by atoms with E-state index in [1.807, 2.05) is 0 Å². The normalized spacial score (nSPS) is 21.2. The molecule has 1 fully saturated rings. The fraction of sp³-hybridized carbons (Fsp3) is 0.625. The van der Waals surface area contributed by atoms with Crippen molar-refractivity contribution in [3.05, 3.63) is 0 Å². The zero-order chi connectivity index (χ0) is 9.84. The van der Waals surface area contributed by atoms with Crippen molar-refractivity contribution in [1.29, 1.82) is 0 Å². The van der Waals surface area contributed by atoms with Gasteiger partial charge in [0.1, 0.15) is 0 Å². The van der Waals surface area contributed by atoms with E-state index in [4.69, 9.17) is 5.73 Å². The van der Waals surface area contributed by atoms with Crippen LogP contribution in [0.4, 0.5) is 0 Å². The number of nitrogens with one attached hydrogen (secondary N) is 1. The molecule has 5 heteroatoms. The minimum absolute atomic E-state index is 0.0303. The molecule has 1 saturated heterocycles. The van der Waals surface area contributed by atoms with Crippen LogP contribution in [0.25, 0.3) is 0 Å². The lowest BCUT2D eigenvalue weighted by Gasteiger charge is -2.03. The molecule has 1 aliphatic rings. The van der Waals surface area contributed by atoms with Crippen LogP contribution in [-0.4, -0.2) is 24.1 Å². The zero-order valence-electron chi connectivity index (χ0n) is 7.21. The maximum Gasteiger partial charge on any atom is 0.284 e. The summed E-state index contributed by atoms with van der Waals surface area (Å²) in [5.41, 5.74) is 4.77. The molecule has 1 rings (SSSR count). The van der Waals surface area contributed by atoms with E-state index < -0.39 is 11.7 Å². The second-order valence-electron chi connectivity index (χ2n) is 3.10. The number of carbonyl (C=O) groups is 3. The number of nitrogens with two attached hydrogens (primary N) is 1. The molecule has 0 aromatic rings. The lowest BCUT2D eigenvalue weighted by molar-refractivity contribution is -0.136. The second kappa shape index (κ2) is 4.02. The summed E-state index contributed by atoms with van der Waals surface area (Å²) in [5, 5.41) is 2.66. The molecule has 0 aliphatic carbocycles. The summed E-state index contributed by atoms with van der Waals surface area (Å²) < 4.78 is 0. The standard InChI is InChI=1S/C8H12N2O3/c9-7(12)6(11)2-1-5-3-4-10-8(5)13/h5H,1-4H2,(H2,9,12)(H,10,13)/t5-/m0/s1. The number of carbonyl (C=O) groups excluding carboxylic acids is 3. The molecule has 2 amide bonds. The summed E-state index contributed by atoms with van der Waals surface area (Å²) in [6.07, 6.45) is 1.24. The Labute approximate surface area is 75.7 Å². The van der Waals surface area contributed by atoms with Crippen LogP contribution in [0.15, 0.2) is 0 Å². The van der Waals surface area contributed by atoms with Crippen molar-refractivity contribution in [3.63, 3.8) is 0 Å². The Morgan fingerprint density at radius 3 is 2.69 bits per heavy atom. The predicted octanol–water partition coefficient (Wildman–Crippen LogP) is -1.04. The van der Waals surface area contributed by atoms with Gasteiger partial charge in [-0.1, -0.05) is 0 Å². The first-order chi connectivity index (χ1) is 6.11. The summed E-state index contributed by atoms with van der Waals surface area (Å²) in [5.74, 6) is -1.67. The van der Waals surface area contributed by atoms with E-state index in [-0.39, 0.29) is 18.2 Å². The molecule has 1 heterocycles. The van der Waals surface area contributed by atoms with Crippen molar-refractivity contribution in [2.45, 2.75) is 19.3 Å².